The lowest BCUT2D eigenvalue weighted by Gasteiger charge is -2.34. The maximum atomic E-state index is 12.4. The minimum atomic E-state index is -0.0960. The monoisotopic (exact) mass is 333 g/mol. The summed E-state index contributed by atoms with van der Waals surface area (Å²) in [5, 5.41) is 7.36. The van der Waals surface area contributed by atoms with Crippen molar-refractivity contribution < 1.29 is 9.59 Å². The number of hydrogen-bond acceptors (Lipinski definition) is 4. The van der Waals surface area contributed by atoms with Crippen molar-refractivity contribution >= 4 is 11.8 Å². The van der Waals surface area contributed by atoms with Gasteiger partial charge in [0.2, 0.25) is 5.91 Å². The molecule has 0 aliphatic carbocycles. The zero-order chi connectivity index (χ0) is 17.3. The van der Waals surface area contributed by atoms with Gasteiger partial charge in [0.25, 0.3) is 5.91 Å². The molecule has 2 fully saturated rings. The van der Waals surface area contributed by atoms with E-state index in [2.05, 4.69) is 15.3 Å². The van der Waals surface area contributed by atoms with Crippen molar-refractivity contribution in [3.8, 4) is 0 Å². The van der Waals surface area contributed by atoms with Gasteiger partial charge in [-0.25, -0.2) is 0 Å². The van der Waals surface area contributed by atoms with Crippen LogP contribution in [-0.4, -0.2) is 70.7 Å². The zero-order valence-corrected chi connectivity index (χ0v) is 14.8. The summed E-state index contributed by atoms with van der Waals surface area (Å²) in [6, 6.07) is 1.97. The summed E-state index contributed by atoms with van der Waals surface area (Å²) in [6.45, 7) is 5.62. The summed E-state index contributed by atoms with van der Waals surface area (Å²) in [6.07, 6.45) is 2.72. The van der Waals surface area contributed by atoms with Crippen LogP contribution >= 0.6 is 0 Å². The highest BCUT2D eigenvalue weighted by molar-refractivity contribution is 5.92. The molecule has 3 rings (SSSR count). The zero-order valence-electron chi connectivity index (χ0n) is 14.8. The molecule has 2 aliphatic heterocycles. The lowest BCUT2D eigenvalue weighted by Crippen LogP contribution is -2.49. The fraction of sp³-hybridized carbons (Fsp3) is 0.706. The number of hydrogen-bond donors (Lipinski definition) is 1. The number of piperidine rings is 1. The molecule has 7 nitrogen and oxygen atoms in total. The van der Waals surface area contributed by atoms with Crippen LogP contribution < -0.4 is 5.32 Å². The molecular weight excluding hydrogens is 306 g/mol. The molecule has 0 saturated carbocycles. The first kappa shape index (κ1) is 17.0. The number of carbonyl (C=O) groups is 2. The van der Waals surface area contributed by atoms with Crippen LogP contribution in [0, 0.1) is 12.8 Å². The number of nitrogens with zero attached hydrogens (tertiary/aromatic N) is 4. The van der Waals surface area contributed by atoms with E-state index in [0.29, 0.717) is 18.0 Å². The number of aryl methyl sites for hydroxylation is 2. The fourth-order valence-electron chi connectivity index (χ4n) is 3.71. The molecule has 2 amide bonds. The van der Waals surface area contributed by atoms with Crippen molar-refractivity contribution in [3.63, 3.8) is 0 Å². The van der Waals surface area contributed by atoms with Gasteiger partial charge >= 0.3 is 0 Å². The predicted octanol–water partition coefficient (Wildman–Crippen LogP) is 0.401. The maximum Gasteiger partial charge on any atom is 0.272 e. The second-order valence-electron chi connectivity index (χ2n) is 7.21. The summed E-state index contributed by atoms with van der Waals surface area (Å²) in [7, 11) is 3.71. The van der Waals surface area contributed by atoms with Gasteiger partial charge in [-0.2, -0.15) is 5.10 Å². The van der Waals surface area contributed by atoms with Gasteiger partial charge in [0, 0.05) is 51.9 Å². The van der Waals surface area contributed by atoms with Crippen LogP contribution in [0.15, 0.2) is 6.07 Å². The lowest BCUT2D eigenvalue weighted by molar-refractivity contribution is -0.126. The van der Waals surface area contributed by atoms with Crippen molar-refractivity contribution in [2.24, 2.45) is 13.0 Å². The molecule has 2 aliphatic rings. The molecule has 24 heavy (non-hydrogen) atoms. The van der Waals surface area contributed by atoms with Crippen LogP contribution in [0.5, 0.6) is 0 Å². The van der Waals surface area contributed by atoms with Crippen molar-refractivity contribution in [2.75, 3.05) is 33.2 Å². The molecule has 1 aromatic heterocycles. The Labute approximate surface area is 143 Å². The molecule has 0 radical (unpaired) electrons. The van der Waals surface area contributed by atoms with E-state index >= 15 is 0 Å². The summed E-state index contributed by atoms with van der Waals surface area (Å²) in [5.41, 5.74) is 1.45. The molecule has 0 bridgehead atoms. The standard InChI is InChI=1S/C17H27N5O2/c1-12-7-15(19-21(12)3)17(24)18-14-5-4-6-22(11-14)10-13-8-16(23)20(2)9-13/h7,13-14H,4-6,8-11H2,1-3H3,(H,18,24). The second-order valence-corrected chi connectivity index (χ2v) is 7.21. The highest BCUT2D eigenvalue weighted by atomic mass is 16.2. The van der Waals surface area contributed by atoms with Crippen molar-refractivity contribution in [2.45, 2.75) is 32.2 Å². The van der Waals surface area contributed by atoms with Crippen LogP contribution in [0.3, 0.4) is 0 Å². The van der Waals surface area contributed by atoms with Gasteiger partial charge in [0.15, 0.2) is 0 Å². The SMILES string of the molecule is Cc1cc(C(=O)NC2CCCN(CC3CC(=O)N(C)C3)C2)nn1C. The number of nitrogens with one attached hydrogen (secondary N) is 1. The van der Waals surface area contributed by atoms with Gasteiger partial charge in [0.1, 0.15) is 5.69 Å². The van der Waals surface area contributed by atoms with E-state index in [1.54, 1.807) is 4.68 Å². The van der Waals surface area contributed by atoms with Gasteiger partial charge in [-0.15, -0.1) is 0 Å². The summed E-state index contributed by atoms with van der Waals surface area (Å²) < 4.78 is 1.72. The van der Waals surface area contributed by atoms with Gasteiger partial charge < -0.3 is 15.1 Å². The average molecular weight is 333 g/mol. The molecule has 2 saturated heterocycles. The Morgan fingerprint density at radius 1 is 1.38 bits per heavy atom. The smallest absolute Gasteiger partial charge is 0.272 e. The van der Waals surface area contributed by atoms with Gasteiger partial charge in [-0.3, -0.25) is 14.3 Å². The Bertz CT molecular complexity index is 607. The molecular formula is C17H27N5O2. The molecule has 2 atom stereocenters. The Morgan fingerprint density at radius 3 is 2.79 bits per heavy atom. The first-order valence-electron chi connectivity index (χ1n) is 8.70. The quantitative estimate of drug-likeness (QED) is 0.866. The number of likely N-dealkylation sites (tertiary alicyclic amines) is 2. The number of aromatic nitrogens is 2. The van der Waals surface area contributed by atoms with E-state index in [9.17, 15) is 9.59 Å². The topological polar surface area (TPSA) is 70.5 Å². The van der Waals surface area contributed by atoms with Gasteiger partial charge in [0.05, 0.1) is 0 Å². The van der Waals surface area contributed by atoms with E-state index < -0.39 is 0 Å². The average Bonchev–Trinajstić information content (AvgIpc) is 3.02. The van der Waals surface area contributed by atoms with E-state index in [1.165, 1.54) is 0 Å². The first-order chi connectivity index (χ1) is 11.4. The van der Waals surface area contributed by atoms with Crippen LogP contribution in [0.1, 0.15) is 35.4 Å². The third-order valence-electron chi connectivity index (χ3n) is 5.12. The summed E-state index contributed by atoms with van der Waals surface area (Å²) in [4.78, 5) is 28.2. The number of carbonyl (C=O) groups excluding carboxylic acids is 2. The summed E-state index contributed by atoms with van der Waals surface area (Å²) in [5.74, 6) is 0.559. The van der Waals surface area contributed by atoms with Crippen molar-refractivity contribution in [1.82, 2.24) is 24.9 Å². The van der Waals surface area contributed by atoms with Crippen LogP contribution in [0.25, 0.3) is 0 Å². The number of amides is 2. The molecule has 1 aromatic rings. The van der Waals surface area contributed by atoms with E-state index in [4.69, 9.17) is 0 Å². The highest BCUT2D eigenvalue weighted by Gasteiger charge is 2.30. The fourth-order valence-corrected chi connectivity index (χ4v) is 3.71. The van der Waals surface area contributed by atoms with E-state index in [-0.39, 0.29) is 17.9 Å². The molecule has 0 aromatic carbocycles. The van der Waals surface area contributed by atoms with Crippen molar-refractivity contribution in [1.29, 1.82) is 0 Å². The van der Waals surface area contributed by atoms with Crippen LogP contribution in [-0.2, 0) is 11.8 Å². The maximum absolute atomic E-state index is 12.4. The normalized spacial score (nSPS) is 25.3. The van der Waals surface area contributed by atoms with Crippen LogP contribution in [0.2, 0.25) is 0 Å². The minimum absolute atomic E-state index is 0.0960. The van der Waals surface area contributed by atoms with Crippen molar-refractivity contribution in [3.05, 3.63) is 17.5 Å². The third-order valence-corrected chi connectivity index (χ3v) is 5.12. The van der Waals surface area contributed by atoms with Gasteiger partial charge in [-0.05, 0) is 38.3 Å². The second kappa shape index (κ2) is 6.93. The molecule has 1 N–H and O–H groups in total. The first-order valence-corrected chi connectivity index (χ1v) is 8.70. The largest absolute Gasteiger partial charge is 0.347 e. The Kier molecular flexibility index (Phi) is 4.89. The Balaban J connectivity index is 1.52. The summed E-state index contributed by atoms with van der Waals surface area (Å²) >= 11 is 0. The highest BCUT2D eigenvalue weighted by Crippen LogP contribution is 2.20. The predicted molar refractivity (Wildman–Crippen MR) is 90.6 cm³/mol. The molecule has 2 unspecified atom stereocenters. The van der Waals surface area contributed by atoms with Gasteiger partial charge in [-0.1, -0.05) is 0 Å². The van der Waals surface area contributed by atoms with E-state index in [0.717, 1.165) is 44.7 Å². The molecule has 3 heterocycles. The number of rotatable bonds is 4. The minimum Gasteiger partial charge on any atom is -0.347 e. The van der Waals surface area contributed by atoms with E-state index in [1.807, 2.05) is 32.0 Å². The Morgan fingerprint density at radius 2 is 2.17 bits per heavy atom. The van der Waals surface area contributed by atoms with Crippen LogP contribution in [0.4, 0.5) is 0 Å². The molecule has 132 valence electrons. The molecule has 0 spiro atoms. The Hall–Kier alpha value is -1.89. The third kappa shape index (κ3) is 3.77. The lowest BCUT2D eigenvalue weighted by atomic mass is 10.0. The molecule has 7 heteroatoms.